The van der Waals surface area contributed by atoms with Gasteiger partial charge in [-0.15, -0.1) is 0 Å². The first-order chi connectivity index (χ1) is 6.98. The summed E-state index contributed by atoms with van der Waals surface area (Å²) in [7, 11) is -3.69. The molecule has 1 heterocycles. The fourth-order valence-corrected chi connectivity index (χ4v) is 2.44. The zero-order chi connectivity index (χ0) is 11.1. The van der Waals surface area contributed by atoms with Crippen LogP contribution in [0.2, 0.25) is 0 Å². The second-order valence-electron chi connectivity index (χ2n) is 3.76. The van der Waals surface area contributed by atoms with E-state index in [-0.39, 0.29) is 11.0 Å². The molecule has 4 nitrogen and oxygen atoms in total. The molecule has 0 spiro atoms. The van der Waals surface area contributed by atoms with Gasteiger partial charge in [-0.1, -0.05) is 12.1 Å². The first-order valence-corrected chi connectivity index (χ1v) is 6.34. The van der Waals surface area contributed by atoms with E-state index in [0.717, 1.165) is 18.4 Å². The van der Waals surface area contributed by atoms with Crippen LogP contribution in [-0.4, -0.2) is 14.5 Å². The molecule has 1 atom stereocenters. The van der Waals surface area contributed by atoms with Crippen molar-refractivity contribution in [1.29, 1.82) is 0 Å². The lowest BCUT2D eigenvalue weighted by Crippen LogP contribution is -2.22. The van der Waals surface area contributed by atoms with E-state index < -0.39 is 10.0 Å². The summed E-state index contributed by atoms with van der Waals surface area (Å²) in [5, 5.41) is 5.12. The number of aryl methyl sites for hydroxylation is 1. The predicted molar refractivity (Wildman–Crippen MR) is 56.2 cm³/mol. The van der Waals surface area contributed by atoms with Crippen LogP contribution in [0.15, 0.2) is 23.1 Å². The van der Waals surface area contributed by atoms with E-state index in [1.165, 1.54) is 6.07 Å². The summed E-state index contributed by atoms with van der Waals surface area (Å²) in [6.07, 6.45) is 1.78. The Morgan fingerprint density at radius 2 is 2.20 bits per heavy atom. The summed E-state index contributed by atoms with van der Waals surface area (Å²) in [4.78, 5) is 0.0894. The second-order valence-corrected chi connectivity index (χ2v) is 5.29. The predicted octanol–water partition coefficient (Wildman–Crippen LogP) is 1.05. The Balaban J connectivity index is 2.59. The number of sulfonamides is 1. The molecule has 0 amide bonds. The van der Waals surface area contributed by atoms with Crippen molar-refractivity contribution >= 4 is 10.0 Å². The Morgan fingerprint density at radius 3 is 2.87 bits per heavy atom. The van der Waals surface area contributed by atoms with Crippen molar-refractivity contribution in [3.63, 3.8) is 0 Å². The normalized spacial score (nSPS) is 20.5. The molecule has 0 bridgehead atoms. The minimum absolute atomic E-state index is 0.0420. The molecule has 0 fully saturated rings. The molecule has 0 saturated carbocycles. The number of primary sulfonamides is 1. The van der Waals surface area contributed by atoms with Crippen LogP contribution in [0.3, 0.4) is 0 Å². The fraction of sp³-hybridized carbons (Fsp3) is 0.400. The number of ether oxygens (including phenoxy) is 1. The molecule has 5 heteroatoms. The van der Waals surface area contributed by atoms with Gasteiger partial charge in [0.2, 0.25) is 10.0 Å². The van der Waals surface area contributed by atoms with Gasteiger partial charge in [0.25, 0.3) is 0 Å². The van der Waals surface area contributed by atoms with Gasteiger partial charge < -0.3 is 4.74 Å². The van der Waals surface area contributed by atoms with Gasteiger partial charge in [0.15, 0.2) is 0 Å². The van der Waals surface area contributed by atoms with Crippen LogP contribution in [0.1, 0.15) is 18.9 Å². The molecule has 2 rings (SSSR count). The Kier molecular flexibility index (Phi) is 2.44. The maximum Gasteiger partial charge on any atom is 0.241 e. The van der Waals surface area contributed by atoms with Gasteiger partial charge in [-0.25, -0.2) is 13.6 Å². The second kappa shape index (κ2) is 3.50. The average molecular weight is 227 g/mol. The number of hydrogen-bond donors (Lipinski definition) is 1. The SMILES string of the molecule is CC1CCc2cccc(S(N)(=O)=O)c2O1. The molecule has 15 heavy (non-hydrogen) atoms. The highest BCUT2D eigenvalue weighted by Gasteiger charge is 2.23. The van der Waals surface area contributed by atoms with Crippen LogP contribution in [0.5, 0.6) is 5.75 Å². The van der Waals surface area contributed by atoms with E-state index in [0.29, 0.717) is 5.75 Å². The Labute approximate surface area is 89.1 Å². The summed E-state index contributed by atoms with van der Waals surface area (Å²) in [5.41, 5.74) is 0.916. The summed E-state index contributed by atoms with van der Waals surface area (Å²) in [6.45, 7) is 1.92. The fourth-order valence-electron chi connectivity index (χ4n) is 1.73. The van der Waals surface area contributed by atoms with Gasteiger partial charge in [-0.3, -0.25) is 0 Å². The van der Waals surface area contributed by atoms with E-state index >= 15 is 0 Å². The van der Waals surface area contributed by atoms with Crippen LogP contribution in [0.25, 0.3) is 0 Å². The van der Waals surface area contributed by atoms with Crippen LogP contribution < -0.4 is 9.88 Å². The van der Waals surface area contributed by atoms with Crippen molar-refractivity contribution in [3.05, 3.63) is 23.8 Å². The van der Waals surface area contributed by atoms with Crippen LogP contribution in [0.4, 0.5) is 0 Å². The summed E-state index contributed by atoms with van der Waals surface area (Å²) in [6, 6.07) is 5.04. The molecule has 2 N–H and O–H groups in total. The van der Waals surface area contributed by atoms with Crippen molar-refractivity contribution < 1.29 is 13.2 Å². The minimum Gasteiger partial charge on any atom is -0.489 e. The number of benzene rings is 1. The monoisotopic (exact) mass is 227 g/mol. The lowest BCUT2D eigenvalue weighted by Gasteiger charge is -2.24. The van der Waals surface area contributed by atoms with E-state index in [4.69, 9.17) is 9.88 Å². The average Bonchev–Trinajstić information content (AvgIpc) is 2.15. The Bertz CT molecular complexity index is 481. The van der Waals surface area contributed by atoms with E-state index in [2.05, 4.69) is 0 Å². The first kappa shape index (κ1) is 10.4. The Morgan fingerprint density at radius 1 is 1.47 bits per heavy atom. The quantitative estimate of drug-likeness (QED) is 0.779. The van der Waals surface area contributed by atoms with Crippen molar-refractivity contribution in [2.24, 2.45) is 5.14 Å². The molecule has 0 radical (unpaired) electrons. The van der Waals surface area contributed by atoms with Gasteiger partial charge in [-0.2, -0.15) is 0 Å². The number of hydrogen-bond acceptors (Lipinski definition) is 3. The molecular formula is C10H13NO3S. The Hall–Kier alpha value is -1.07. The summed E-state index contributed by atoms with van der Waals surface area (Å²) < 4.78 is 28.1. The van der Waals surface area contributed by atoms with E-state index in [1.807, 2.05) is 13.0 Å². The third-order valence-corrected chi connectivity index (χ3v) is 3.44. The maximum absolute atomic E-state index is 11.3. The van der Waals surface area contributed by atoms with Gasteiger partial charge in [0, 0.05) is 0 Å². The molecule has 0 saturated heterocycles. The molecule has 1 aromatic carbocycles. The number of para-hydroxylation sites is 1. The van der Waals surface area contributed by atoms with Crippen molar-refractivity contribution in [2.75, 3.05) is 0 Å². The molecule has 1 aromatic rings. The first-order valence-electron chi connectivity index (χ1n) is 4.80. The smallest absolute Gasteiger partial charge is 0.241 e. The van der Waals surface area contributed by atoms with Gasteiger partial charge in [-0.05, 0) is 31.4 Å². The van der Waals surface area contributed by atoms with E-state index in [1.54, 1.807) is 6.07 Å². The number of nitrogens with two attached hydrogens (primary N) is 1. The molecule has 1 unspecified atom stereocenters. The summed E-state index contributed by atoms with van der Waals surface area (Å²) >= 11 is 0. The highest BCUT2D eigenvalue weighted by molar-refractivity contribution is 7.89. The molecule has 1 aliphatic heterocycles. The van der Waals surface area contributed by atoms with E-state index in [9.17, 15) is 8.42 Å². The molecule has 0 aromatic heterocycles. The van der Waals surface area contributed by atoms with Crippen molar-refractivity contribution in [2.45, 2.75) is 30.8 Å². The van der Waals surface area contributed by atoms with Crippen LogP contribution in [0, 0.1) is 0 Å². The molecule has 0 aliphatic carbocycles. The third kappa shape index (κ3) is 1.98. The van der Waals surface area contributed by atoms with Gasteiger partial charge >= 0.3 is 0 Å². The van der Waals surface area contributed by atoms with Crippen molar-refractivity contribution in [3.8, 4) is 5.75 Å². The summed E-state index contributed by atoms with van der Waals surface area (Å²) in [5.74, 6) is 0.429. The number of fused-ring (bicyclic) bond motifs is 1. The lowest BCUT2D eigenvalue weighted by atomic mass is 10.0. The maximum atomic E-state index is 11.3. The standard InChI is InChI=1S/C10H13NO3S/c1-7-5-6-8-3-2-4-9(10(8)14-7)15(11,12)13/h2-4,7H,5-6H2,1H3,(H2,11,12,13). The topological polar surface area (TPSA) is 69.4 Å². The third-order valence-electron chi connectivity index (χ3n) is 2.51. The van der Waals surface area contributed by atoms with Crippen LogP contribution in [-0.2, 0) is 16.4 Å². The molecule has 82 valence electrons. The molecule has 1 aliphatic rings. The number of rotatable bonds is 1. The van der Waals surface area contributed by atoms with Crippen LogP contribution >= 0.6 is 0 Å². The van der Waals surface area contributed by atoms with Crippen molar-refractivity contribution in [1.82, 2.24) is 0 Å². The lowest BCUT2D eigenvalue weighted by molar-refractivity contribution is 0.186. The molecular weight excluding hydrogens is 214 g/mol. The minimum atomic E-state index is -3.69. The van der Waals surface area contributed by atoms with Gasteiger partial charge in [0.05, 0.1) is 6.10 Å². The highest BCUT2D eigenvalue weighted by Crippen LogP contribution is 2.33. The zero-order valence-electron chi connectivity index (χ0n) is 8.43. The largest absolute Gasteiger partial charge is 0.489 e. The zero-order valence-corrected chi connectivity index (χ0v) is 9.25. The highest BCUT2D eigenvalue weighted by atomic mass is 32.2. The van der Waals surface area contributed by atoms with Gasteiger partial charge in [0.1, 0.15) is 10.6 Å².